The van der Waals surface area contributed by atoms with Crippen molar-refractivity contribution in [2.24, 2.45) is 5.92 Å². The summed E-state index contributed by atoms with van der Waals surface area (Å²) >= 11 is 6.15. The van der Waals surface area contributed by atoms with E-state index in [1.165, 1.54) is 0 Å². The predicted molar refractivity (Wildman–Crippen MR) is 114 cm³/mol. The van der Waals surface area contributed by atoms with Crippen molar-refractivity contribution in [2.45, 2.75) is 45.8 Å². The normalized spacial score (nSPS) is 21.8. The maximum atomic E-state index is 13.5. The summed E-state index contributed by atoms with van der Waals surface area (Å²) in [7, 11) is 0. The standard InChI is InChI=1S/C21H26ClFN6/c1-12(2)18(15-5-7-16(23)8-6-15)28-9-14(4)29(10-13(28)3)20-17-19(25-11-24-17)26-21(22)27-20/h5-8,11-14,18H,9-10H2,1-4H3,(H,24,25,26,27)/t13-,14+,18?/m1/s1. The van der Waals surface area contributed by atoms with Crippen LogP contribution in [0.1, 0.15) is 39.3 Å². The average molecular weight is 417 g/mol. The number of halogens is 2. The van der Waals surface area contributed by atoms with Crippen LogP contribution in [0, 0.1) is 11.7 Å². The Balaban J connectivity index is 1.64. The molecule has 4 rings (SSSR count). The van der Waals surface area contributed by atoms with E-state index in [1.807, 2.05) is 12.1 Å². The number of nitrogens with one attached hydrogen (secondary N) is 1. The minimum absolute atomic E-state index is 0.202. The van der Waals surface area contributed by atoms with Gasteiger partial charge in [-0.15, -0.1) is 0 Å². The smallest absolute Gasteiger partial charge is 0.226 e. The van der Waals surface area contributed by atoms with Gasteiger partial charge in [0.2, 0.25) is 5.28 Å². The maximum absolute atomic E-state index is 13.5. The van der Waals surface area contributed by atoms with Gasteiger partial charge in [0.05, 0.1) is 6.33 Å². The van der Waals surface area contributed by atoms with Crippen LogP contribution in [0.25, 0.3) is 11.2 Å². The lowest BCUT2D eigenvalue weighted by Crippen LogP contribution is -2.58. The van der Waals surface area contributed by atoms with Crippen LogP contribution in [0.3, 0.4) is 0 Å². The molecule has 2 aromatic heterocycles. The number of anilines is 1. The average Bonchev–Trinajstić information content (AvgIpc) is 3.13. The molecule has 154 valence electrons. The Labute approximate surface area is 175 Å². The predicted octanol–water partition coefficient (Wildman–Crippen LogP) is 4.44. The minimum Gasteiger partial charge on any atom is -0.349 e. The first-order valence-electron chi connectivity index (χ1n) is 9.99. The fraction of sp³-hybridized carbons (Fsp3) is 0.476. The first-order chi connectivity index (χ1) is 13.8. The quantitative estimate of drug-likeness (QED) is 0.637. The Hall–Kier alpha value is -2.25. The molecule has 0 spiro atoms. The molecule has 0 radical (unpaired) electrons. The zero-order valence-corrected chi connectivity index (χ0v) is 17.9. The third-order valence-corrected chi connectivity index (χ3v) is 5.91. The Kier molecular flexibility index (Phi) is 5.44. The van der Waals surface area contributed by atoms with E-state index in [0.29, 0.717) is 11.6 Å². The Morgan fingerprint density at radius 1 is 1.10 bits per heavy atom. The van der Waals surface area contributed by atoms with E-state index in [4.69, 9.17) is 11.6 Å². The van der Waals surface area contributed by atoms with Crippen LogP contribution in [-0.4, -0.2) is 50.0 Å². The second kappa shape index (κ2) is 7.88. The number of piperazine rings is 1. The van der Waals surface area contributed by atoms with Crippen molar-refractivity contribution in [2.75, 3.05) is 18.0 Å². The van der Waals surface area contributed by atoms with Gasteiger partial charge in [-0.25, -0.2) is 9.37 Å². The molecule has 0 bridgehead atoms. The lowest BCUT2D eigenvalue weighted by Gasteiger charge is -2.49. The highest BCUT2D eigenvalue weighted by molar-refractivity contribution is 6.28. The largest absolute Gasteiger partial charge is 0.349 e. The van der Waals surface area contributed by atoms with E-state index >= 15 is 0 Å². The number of rotatable bonds is 4. The van der Waals surface area contributed by atoms with E-state index < -0.39 is 0 Å². The summed E-state index contributed by atoms with van der Waals surface area (Å²) in [5.74, 6) is 0.987. The van der Waals surface area contributed by atoms with Crippen LogP contribution >= 0.6 is 11.6 Å². The van der Waals surface area contributed by atoms with E-state index in [-0.39, 0.29) is 29.2 Å². The molecule has 6 nitrogen and oxygen atoms in total. The molecule has 0 amide bonds. The number of nitrogens with zero attached hydrogens (tertiary/aromatic N) is 5. The van der Waals surface area contributed by atoms with Gasteiger partial charge in [0, 0.05) is 31.2 Å². The molecular weight excluding hydrogens is 391 g/mol. The number of fused-ring (bicyclic) bond motifs is 1. The van der Waals surface area contributed by atoms with E-state index in [0.717, 1.165) is 30.0 Å². The molecule has 3 atom stereocenters. The second-order valence-electron chi connectivity index (χ2n) is 8.20. The van der Waals surface area contributed by atoms with Crippen molar-refractivity contribution in [1.29, 1.82) is 0 Å². The molecule has 0 saturated carbocycles. The van der Waals surface area contributed by atoms with Crippen LogP contribution in [0.5, 0.6) is 0 Å². The van der Waals surface area contributed by atoms with Gasteiger partial charge < -0.3 is 9.88 Å². The monoisotopic (exact) mass is 416 g/mol. The highest BCUT2D eigenvalue weighted by Crippen LogP contribution is 2.35. The maximum Gasteiger partial charge on any atom is 0.226 e. The van der Waals surface area contributed by atoms with Crippen molar-refractivity contribution in [3.63, 3.8) is 0 Å². The first-order valence-corrected chi connectivity index (χ1v) is 10.4. The van der Waals surface area contributed by atoms with Gasteiger partial charge in [-0.1, -0.05) is 26.0 Å². The van der Waals surface area contributed by atoms with Gasteiger partial charge in [-0.3, -0.25) is 4.90 Å². The highest BCUT2D eigenvalue weighted by atomic mass is 35.5. The van der Waals surface area contributed by atoms with Gasteiger partial charge in [0.15, 0.2) is 11.5 Å². The molecule has 1 aromatic carbocycles. The van der Waals surface area contributed by atoms with Crippen LogP contribution < -0.4 is 4.90 Å². The fourth-order valence-corrected chi connectivity index (χ4v) is 4.62. The summed E-state index contributed by atoms with van der Waals surface area (Å²) in [4.78, 5) is 20.9. The zero-order chi connectivity index (χ0) is 20.7. The summed E-state index contributed by atoms with van der Waals surface area (Å²) in [6.45, 7) is 10.5. The molecule has 1 fully saturated rings. The number of aromatic nitrogens is 4. The van der Waals surface area contributed by atoms with Crippen molar-refractivity contribution in [3.05, 3.63) is 47.3 Å². The summed E-state index contributed by atoms with van der Waals surface area (Å²) < 4.78 is 13.5. The van der Waals surface area contributed by atoms with Crippen molar-refractivity contribution in [3.8, 4) is 0 Å². The highest BCUT2D eigenvalue weighted by Gasteiger charge is 2.36. The van der Waals surface area contributed by atoms with Gasteiger partial charge in [0.25, 0.3) is 0 Å². The molecular formula is C21H26ClFN6. The third kappa shape index (κ3) is 3.81. The summed E-state index contributed by atoms with van der Waals surface area (Å²) in [6, 6.07) is 7.61. The van der Waals surface area contributed by atoms with Crippen LogP contribution in [0.4, 0.5) is 10.2 Å². The number of imidazole rings is 1. The zero-order valence-electron chi connectivity index (χ0n) is 17.1. The Morgan fingerprint density at radius 3 is 2.52 bits per heavy atom. The summed E-state index contributed by atoms with van der Waals surface area (Å²) in [5, 5.41) is 0.202. The van der Waals surface area contributed by atoms with Crippen LogP contribution in [0.15, 0.2) is 30.6 Å². The van der Waals surface area contributed by atoms with Gasteiger partial charge >= 0.3 is 0 Å². The molecule has 0 aliphatic carbocycles. The van der Waals surface area contributed by atoms with Crippen molar-refractivity contribution in [1.82, 2.24) is 24.8 Å². The topological polar surface area (TPSA) is 60.9 Å². The first kappa shape index (κ1) is 20.0. The minimum atomic E-state index is -0.202. The van der Waals surface area contributed by atoms with Gasteiger partial charge in [-0.05, 0) is 49.1 Å². The SMILES string of the molecule is CC(C)C(c1ccc(F)cc1)N1C[C@H](C)N(c2nc(Cl)nc3nc[nH]c23)C[C@H]1C. The molecule has 1 unspecified atom stereocenters. The second-order valence-corrected chi connectivity index (χ2v) is 8.54. The number of hydrogen-bond acceptors (Lipinski definition) is 5. The summed E-state index contributed by atoms with van der Waals surface area (Å²) in [6.07, 6.45) is 1.62. The van der Waals surface area contributed by atoms with E-state index in [1.54, 1.807) is 18.5 Å². The molecule has 1 aliphatic rings. The third-order valence-electron chi connectivity index (χ3n) is 5.75. The van der Waals surface area contributed by atoms with Crippen LogP contribution in [-0.2, 0) is 0 Å². The molecule has 1 aliphatic heterocycles. The molecule has 1 saturated heterocycles. The lowest BCUT2D eigenvalue weighted by molar-refractivity contribution is 0.0821. The molecule has 3 aromatic rings. The Morgan fingerprint density at radius 2 is 1.83 bits per heavy atom. The number of hydrogen-bond donors (Lipinski definition) is 1. The number of aromatic amines is 1. The molecule has 29 heavy (non-hydrogen) atoms. The van der Waals surface area contributed by atoms with Crippen molar-refractivity contribution >= 4 is 28.6 Å². The van der Waals surface area contributed by atoms with Gasteiger partial charge in [-0.2, -0.15) is 9.97 Å². The summed E-state index contributed by atoms with van der Waals surface area (Å²) in [5.41, 5.74) is 2.53. The lowest BCUT2D eigenvalue weighted by atomic mass is 9.91. The Bertz CT molecular complexity index is 989. The van der Waals surface area contributed by atoms with E-state index in [2.05, 4.69) is 57.4 Å². The molecule has 8 heteroatoms. The van der Waals surface area contributed by atoms with Crippen molar-refractivity contribution < 1.29 is 4.39 Å². The molecule has 1 N–H and O–H groups in total. The van der Waals surface area contributed by atoms with Crippen LogP contribution in [0.2, 0.25) is 5.28 Å². The number of benzene rings is 1. The van der Waals surface area contributed by atoms with E-state index in [9.17, 15) is 4.39 Å². The fourth-order valence-electron chi connectivity index (χ4n) is 4.46. The number of H-pyrrole nitrogens is 1. The molecule has 3 heterocycles. The van der Waals surface area contributed by atoms with Gasteiger partial charge in [0.1, 0.15) is 11.3 Å².